The Morgan fingerprint density at radius 1 is 1.00 bits per heavy atom. The minimum absolute atomic E-state index is 0.00106. The van der Waals surface area contributed by atoms with Crippen molar-refractivity contribution in [3.8, 4) is 23.0 Å². The van der Waals surface area contributed by atoms with Gasteiger partial charge in [-0.05, 0) is 34.4 Å². The van der Waals surface area contributed by atoms with Gasteiger partial charge in [-0.15, -0.1) is 0 Å². The number of carbonyl (C=O) groups is 1. The molecule has 0 unspecified atom stereocenters. The van der Waals surface area contributed by atoms with Crippen LogP contribution in [0.3, 0.4) is 0 Å². The van der Waals surface area contributed by atoms with Gasteiger partial charge in [0, 0.05) is 5.92 Å². The number of fused-ring (bicyclic) bond motifs is 3. The zero-order valence-electron chi connectivity index (χ0n) is 15.6. The number of rotatable bonds is 3. The first kappa shape index (κ1) is 18.6. The van der Waals surface area contributed by atoms with Gasteiger partial charge >= 0.3 is 6.09 Å². The zero-order chi connectivity index (χ0) is 20.2. The number of hydrogen-bond donors (Lipinski definition) is 2. The molecule has 0 fully saturated rings. The molecule has 0 saturated heterocycles. The smallest absolute Gasteiger partial charge is 0.407 e. The Morgan fingerprint density at radius 3 is 2.34 bits per heavy atom. The summed E-state index contributed by atoms with van der Waals surface area (Å²) in [6.45, 7) is 0.316. The van der Waals surface area contributed by atoms with Crippen LogP contribution < -0.4 is 11.1 Å². The summed E-state index contributed by atoms with van der Waals surface area (Å²) in [5.74, 6) is 4.99. The number of nitrogens with two attached hydrogens (primary N) is 1. The summed E-state index contributed by atoms with van der Waals surface area (Å²) in [5, 5.41) is 2.59. The largest absolute Gasteiger partial charge is 0.449 e. The first-order chi connectivity index (χ1) is 14.1. The molecule has 3 aromatic rings. The van der Waals surface area contributed by atoms with E-state index in [0.29, 0.717) is 5.56 Å². The number of hydrogen-bond acceptors (Lipinski definition) is 3. The standard InChI is InChI=1S/C24H19FN2O2/c25-22-13-5-7-16(23(22)26)8-6-14-27-24(28)29-15-21-19-11-3-1-9-17(19)18-10-2-4-12-20(18)21/h1-5,7,9-13,21H,14-15,26H2,(H,27,28). The minimum Gasteiger partial charge on any atom is -0.449 e. The van der Waals surface area contributed by atoms with Crippen LogP contribution >= 0.6 is 0 Å². The Hall–Kier alpha value is -3.78. The fourth-order valence-electron chi connectivity index (χ4n) is 3.55. The van der Waals surface area contributed by atoms with Crippen molar-refractivity contribution >= 4 is 11.8 Å². The molecule has 0 aromatic heterocycles. The van der Waals surface area contributed by atoms with Gasteiger partial charge in [0.15, 0.2) is 0 Å². The van der Waals surface area contributed by atoms with Crippen molar-refractivity contribution in [2.75, 3.05) is 18.9 Å². The predicted molar refractivity (Wildman–Crippen MR) is 111 cm³/mol. The molecule has 1 aliphatic rings. The topological polar surface area (TPSA) is 64.3 Å². The molecule has 144 valence electrons. The van der Waals surface area contributed by atoms with E-state index in [1.54, 1.807) is 6.07 Å². The van der Waals surface area contributed by atoms with Crippen LogP contribution in [0.4, 0.5) is 14.9 Å². The van der Waals surface area contributed by atoms with Gasteiger partial charge in [-0.3, -0.25) is 0 Å². The molecule has 3 N–H and O–H groups in total. The highest BCUT2D eigenvalue weighted by Gasteiger charge is 2.28. The number of ether oxygens (including phenoxy) is 1. The molecule has 5 heteroatoms. The number of nitrogens with one attached hydrogen (secondary N) is 1. The summed E-state index contributed by atoms with van der Waals surface area (Å²) < 4.78 is 18.8. The molecular weight excluding hydrogens is 367 g/mol. The van der Waals surface area contributed by atoms with Gasteiger partial charge in [0.25, 0.3) is 0 Å². The Bertz CT molecular complexity index is 1090. The maximum absolute atomic E-state index is 13.4. The normalized spacial score (nSPS) is 11.8. The third kappa shape index (κ3) is 3.78. The second kappa shape index (κ2) is 8.07. The second-order valence-electron chi connectivity index (χ2n) is 6.68. The monoisotopic (exact) mass is 386 g/mol. The average Bonchev–Trinajstić information content (AvgIpc) is 3.06. The van der Waals surface area contributed by atoms with E-state index >= 15 is 0 Å². The van der Waals surface area contributed by atoms with Crippen molar-refractivity contribution in [3.63, 3.8) is 0 Å². The van der Waals surface area contributed by atoms with Crippen molar-refractivity contribution in [1.82, 2.24) is 5.32 Å². The number of halogens is 1. The number of anilines is 1. The lowest BCUT2D eigenvalue weighted by Crippen LogP contribution is -2.26. The number of amides is 1. The first-order valence-corrected chi connectivity index (χ1v) is 9.27. The van der Waals surface area contributed by atoms with Crippen LogP contribution in [0.25, 0.3) is 11.1 Å². The van der Waals surface area contributed by atoms with E-state index in [1.165, 1.54) is 23.3 Å². The lowest BCUT2D eigenvalue weighted by atomic mass is 9.98. The van der Waals surface area contributed by atoms with Crippen molar-refractivity contribution in [2.45, 2.75) is 5.92 Å². The Morgan fingerprint density at radius 2 is 1.66 bits per heavy atom. The maximum Gasteiger partial charge on any atom is 0.407 e. The maximum atomic E-state index is 13.4. The third-order valence-corrected chi connectivity index (χ3v) is 4.94. The molecule has 0 atom stereocenters. The van der Waals surface area contributed by atoms with E-state index in [9.17, 15) is 9.18 Å². The molecule has 29 heavy (non-hydrogen) atoms. The Kier molecular flexibility index (Phi) is 5.17. The number of para-hydroxylation sites is 1. The van der Waals surface area contributed by atoms with E-state index in [1.807, 2.05) is 24.3 Å². The SMILES string of the molecule is Nc1c(F)cccc1C#CCNC(=O)OCC1c2ccccc2-c2ccccc21. The van der Waals surface area contributed by atoms with Gasteiger partial charge in [-0.1, -0.05) is 66.4 Å². The average molecular weight is 386 g/mol. The molecule has 4 nitrogen and oxygen atoms in total. The minimum atomic E-state index is -0.548. The number of carbonyl (C=O) groups excluding carboxylic acids is 1. The number of nitrogen functional groups attached to an aromatic ring is 1. The summed E-state index contributed by atoms with van der Waals surface area (Å²) in [4.78, 5) is 12.1. The van der Waals surface area contributed by atoms with Crippen LogP contribution in [0.15, 0.2) is 66.7 Å². The van der Waals surface area contributed by atoms with Crippen molar-refractivity contribution in [3.05, 3.63) is 89.2 Å². The van der Waals surface area contributed by atoms with Crippen molar-refractivity contribution < 1.29 is 13.9 Å². The van der Waals surface area contributed by atoms with Gasteiger partial charge in [0.2, 0.25) is 0 Å². The lowest BCUT2D eigenvalue weighted by molar-refractivity contribution is 0.144. The summed E-state index contributed by atoms with van der Waals surface area (Å²) in [7, 11) is 0. The molecule has 1 amide bonds. The van der Waals surface area contributed by atoms with Gasteiger partial charge < -0.3 is 15.8 Å². The van der Waals surface area contributed by atoms with E-state index in [2.05, 4.69) is 41.4 Å². The summed E-state index contributed by atoms with van der Waals surface area (Å²) >= 11 is 0. The highest BCUT2D eigenvalue weighted by atomic mass is 19.1. The molecular formula is C24H19FN2O2. The fourth-order valence-corrected chi connectivity index (χ4v) is 3.55. The van der Waals surface area contributed by atoms with Gasteiger partial charge in [-0.2, -0.15) is 0 Å². The molecule has 0 aliphatic heterocycles. The molecule has 0 spiro atoms. The molecule has 0 saturated carbocycles. The number of benzene rings is 3. The van der Waals surface area contributed by atoms with Crippen LogP contribution in [-0.4, -0.2) is 19.2 Å². The highest BCUT2D eigenvalue weighted by molar-refractivity contribution is 5.79. The van der Waals surface area contributed by atoms with Crippen LogP contribution in [0.1, 0.15) is 22.6 Å². The highest BCUT2D eigenvalue weighted by Crippen LogP contribution is 2.44. The van der Waals surface area contributed by atoms with Gasteiger partial charge in [0.05, 0.1) is 17.8 Å². The molecule has 4 rings (SSSR count). The van der Waals surface area contributed by atoms with E-state index in [-0.39, 0.29) is 24.8 Å². The van der Waals surface area contributed by atoms with E-state index in [4.69, 9.17) is 10.5 Å². The third-order valence-electron chi connectivity index (χ3n) is 4.94. The van der Waals surface area contributed by atoms with Crippen molar-refractivity contribution in [1.29, 1.82) is 0 Å². The first-order valence-electron chi connectivity index (χ1n) is 9.27. The van der Waals surface area contributed by atoms with Gasteiger partial charge in [0.1, 0.15) is 12.4 Å². The molecule has 0 radical (unpaired) electrons. The summed E-state index contributed by atoms with van der Waals surface area (Å²) in [5.41, 5.74) is 10.7. The van der Waals surface area contributed by atoms with Crippen LogP contribution in [0.2, 0.25) is 0 Å². The summed E-state index contributed by atoms with van der Waals surface area (Å²) in [6, 6.07) is 20.7. The Balaban J connectivity index is 1.36. The Labute approximate surface area is 168 Å². The molecule has 0 heterocycles. The van der Waals surface area contributed by atoms with Crippen molar-refractivity contribution in [2.24, 2.45) is 0 Å². The van der Waals surface area contributed by atoms with Gasteiger partial charge in [-0.25, -0.2) is 9.18 Å². The van der Waals surface area contributed by atoms with E-state index in [0.717, 1.165) is 11.1 Å². The quantitative estimate of drug-likeness (QED) is 0.521. The summed E-state index contributed by atoms with van der Waals surface area (Å²) in [6.07, 6.45) is -0.548. The fraction of sp³-hybridized carbons (Fsp3) is 0.125. The predicted octanol–water partition coefficient (Wildman–Crippen LogP) is 4.30. The molecule has 0 bridgehead atoms. The second-order valence-corrected chi connectivity index (χ2v) is 6.68. The molecule has 3 aromatic carbocycles. The zero-order valence-corrected chi connectivity index (χ0v) is 15.6. The van der Waals surface area contributed by atoms with Crippen LogP contribution in [-0.2, 0) is 4.74 Å². The van der Waals surface area contributed by atoms with Crippen LogP contribution in [0, 0.1) is 17.7 Å². The lowest BCUT2D eigenvalue weighted by Gasteiger charge is -2.14. The molecule has 1 aliphatic carbocycles. The number of alkyl carbamates (subject to hydrolysis) is 1. The van der Waals surface area contributed by atoms with E-state index < -0.39 is 11.9 Å². The van der Waals surface area contributed by atoms with Crippen LogP contribution in [0.5, 0.6) is 0 Å².